The number of nitrogens with zero attached hydrogens (tertiary/aromatic N) is 3. The van der Waals surface area contributed by atoms with Gasteiger partial charge in [0.05, 0.1) is 5.02 Å². The van der Waals surface area contributed by atoms with E-state index in [1.807, 2.05) is 24.3 Å². The zero-order valence-electron chi connectivity index (χ0n) is 14.3. The summed E-state index contributed by atoms with van der Waals surface area (Å²) in [5.74, 6) is -0.240. The second kappa shape index (κ2) is 7.32. The number of hydrogen-bond donors (Lipinski definition) is 1. The Hall–Kier alpha value is -2.99. The maximum atomic E-state index is 13.3. The lowest BCUT2D eigenvalue weighted by Gasteiger charge is -2.29. The van der Waals surface area contributed by atoms with E-state index in [0.29, 0.717) is 18.1 Å². The van der Waals surface area contributed by atoms with Gasteiger partial charge in [-0.3, -0.25) is 4.79 Å². The summed E-state index contributed by atoms with van der Waals surface area (Å²) in [6.07, 6.45) is 3.20. The normalized spacial score (nSPS) is 13.2. The molecule has 0 aliphatic carbocycles. The molecule has 0 saturated carbocycles. The van der Waals surface area contributed by atoms with Crippen molar-refractivity contribution >= 4 is 34.7 Å². The van der Waals surface area contributed by atoms with E-state index in [1.54, 1.807) is 17.0 Å². The molecule has 2 aromatic carbocycles. The number of aromatic nitrogens is 2. The van der Waals surface area contributed by atoms with Crippen LogP contribution in [0.5, 0.6) is 0 Å². The van der Waals surface area contributed by atoms with E-state index in [1.165, 1.54) is 18.5 Å². The SMILES string of the molecule is O=C(c1cc(Nc2ccc(F)c(Cl)c2)ncn1)N1CCCc2ccccc21. The largest absolute Gasteiger partial charge is 0.340 e. The maximum Gasteiger partial charge on any atom is 0.277 e. The van der Waals surface area contributed by atoms with E-state index < -0.39 is 5.82 Å². The number of anilines is 3. The molecular weight excluding hydrogens is 367 g/mol. The average Bonchev–Trinajstić information content (AvgIpc) is 2.70. The summed E-state index contributed by atoms with van der Waals surface area (Å²) in [6, 6.07) is 13.8. The van der Waals surface area contributed by atoms with Crippen molar-refractivity contribution in [3.8, 4) is 0 Å². The third-order valence-electron chi connectivity index (χ3n) is 4.43. The first-order chi connectivity index (χ1) is 13.1. The number of halogens is 2. The summed E-state index contributed by atoms with van der Waals surface area (Å²) in [4.78, 5) is 23.0. The Morgan fingerprint density at radius 1 is 1.15 bits per heavy atom. The van der Waals surface area contributed by atoms with Crippen molar-refractivity contribution < 1.29 is 9.18 Å². The Morgan fingerprint density at radius 3 is 2.85 bits per heavy atom. The van der Waals surface area contributed by atoms with Crippen molar-refractivity contribution in [3.05, 3.63) is 77.0 Å². The molecule has 0 atom stereocenters. The lowest BCUT2D eigenvalue weighted by atomic mass is 10.0. The number of para-hydroxylation sites is 1. The monoisotopic (exact) mass is 382 g/mol. The molecule has 5 nitrogen and oxygen atoms in total. The molecule has 0 fully saturated rings. The molecule has 0 unspecified atom stereocenters. The van der Waals surface area contributed by atoms with Gasteiger partial charge >= 0.3 is 0 Å². The number of nitrogens with one attached hydrogen (secondary N) is 1. The second-order valence-corrected chi connectivity index (χ2v) is 6.64. The van der Waals surface area contributed by atoms with E-state index in [2.05, 4.69) is 15.3 Å². The van der Waals surface area contributed by atoms with Gasteiger partial charge in [0.1, 0.15) is 23.7 Å². The molecule has 0 radical (unpaired) electrons. The Balaban J connectivity index is 1.59. The van der Waals surface area contributed by atoms with E-state index in [0.717, 1.165) is 24.1 Å². The molecule has 1 amide bonds. The highest BCUT2D eigenvalue weighted by molar-refractivity contribution is 6.31. The van der Waals surface area contributed by atoms with Gasteiger partial charge in [0.15, 0.2) is 0 Å². The second-order valence-electron chi connectivity index (χ2n) is 6.23. The van der Waals surface area contributed by atoms with E-state index >= 15 is 0 Å². The Labute approximate surface area is 160 Å². The average molecular weight is 383 g/mol. The molecule has 27 heavy (non-hydrogen) atoms. The summed E-state index contributed by atoms with van der Waals surface area (Å²) in [5.41, 5.74) is 2.94. The molecule has 4 rings (SSSR count). The molecule has 1 N–H and O–H groups in total. The maximum absolute atomic E-state index is 13.3. The van der Waals surface area contributed by atoms with Crippen LogP contribution in [0, 0.1) is 5.82 Å². The van der Waals surface area contributed by atoms with Gasteiger partial charge in [-0.05, 0) is 42.7 Å². The minimum Gasteiger partial charge on any atom is -0.340 e. The molecule has 1 aliphatic rings. The van der Waals surface area contributed by atoms with E-state index in [4.69, 9.17) is 11.6 Å². The summed E-state index contributed by atoms with van der Waals surface area (Å²) >= 11 is 5.80. The Bertz CT molecular complexity index is 1010. The van der Waals surface area contributed by atoms with Crippen molar-refractivity contribution in [2.24, 2.45) is 0 Å². The van der Waals surface area contributed by atoms with Crippen LogP contribution < -0.4 is 10.2 Å². The first-order valence-corrected chi connectivity index (χ1v) is 8.93. The molecule has 2 heterocycles. The van der Waals surface area contributed by atoms with Crippen molar-refractivity contribution in [2.45, 2.75) is 12.8 Å². The minimum atomic E-state index is -0.496. The van der Waals surface area contributed by atoms with Crippen LogP contribution in [0.25, 0.3) is 0 Å². The van der Waals surface area contributed by atoms with Crippen LogP contribution in [0.4, 0.5) is 21.6 Å². The summed E-state index contributed by atoms with van der Waals surface area (Å²) < 4.78 is 13.3. The first-order valence-electron chi connectivity index (χ1n) is 8.56. The predicted octanol–water partition coefficient (Wildman–Crippen LogP) is 4.61. The van der Waals surface area contributed by atoms with Crippen LogP contribution in [0.1, 0.15) is 22.5 Å². The van der Waals surface area contributed by atoms with Crippen LogP contribution in [0.3, 0.4) is 0 Å². The number of carbonyl (C=O) groups is 1. The van der Waals surface area contributed by atoms with E-state index in [-0.39, 0.29) is 16.6 Å². The first kappa shape index (κ1) is 17.4. The van der Waals surface area contributed by atoms with Gasteiger partial charge in [-0.25, -0.2) is 14.4 Å². The lowest BCUT2D eigenvalue weighted by molar-refractivity contribution is 0.0980. The standard InChI is InChI=1S/C20H16ClFN4O/c21-15-10-14(7-8-16(15)22)25-19-11-17(23-12-24-19)20(27)26-9-3-5-13-4-1-2-6-18(13)26/h1-2,4,6-8,10-12H,3,5,9H2,(H,23,24,25). The van der Waals surface area contributed by atoms with Gasteiger partial charge in [-0.2, -0.15) is 0 Å². The number of benzene rings is 2. The zero-order valence-corrected chi connectivity index (χ0v) is 15.1. The van der Waals surface area contributed by atoms with Gasteiger partial charge in [-0.1, -0.05) is 29.8 Å². The molecule has 1 aliphatic heterocycles. The molecule has 0 spiro atoms. The molecule has 0 bridgehead atoms. The van der Waals surface area contributed by atoms with Gasteiger partial charge in [-0.15, -0.1) is 0 Å². The third kappa shape index (κ3) is 3.61. The van der Waals surface area contributed by atoms with Crippen LogP contribution in [-0.4, -0.2) is 22.4 Å². The molecular formula is C20H16ClFN4O. The topological polar surface area (TPSA) is 58.1 Å². The van der Waals surface area contributed by atoms with Crippen molar-refractivity contribution in [1.82, 2.24) is 9.97 Å². The highest BCUT2D eigenvalue weighted by Crippen LogP contribution is 2.28. The fourth-order valence-corrected chi connectivity index (χ4v) is 3.33. The van der Waals surface area contributed by atoms with Crippen LogP contribution in [0.15, 0.2) is 54.9 Å². The number of carbonyl (C=O) groups excluding carboxylic acids is 1. The molecule has 7 heteroatoms. The molecule has 0 saturated heterocycles. The fraction of sp³-hybridized carbons (Fsp3) is 0.150. The van der Waals surface area contributed by atoms with Crippen LogP contribution >= 0.6 is 11.6 Å². The highest BCUT2D eigenvalue weighted by atomic mass is 35.5. The summed E-state index contributed by atoms with van der Waals surface area (Å²) in [6.45, 7) is 0.649. The Kier molecular flexibility index (Phi) is 4.73. The summed E-state index contributed by atoms with van der Waals surface area (Å²) in [5, 5.41) is 3.03. The molecule has 1 aromatic heterocycles. The van der Waals surface area contributed by atoms with Crippen LogP contribution in [-0.2, 0) is 6.42 Å². The van der Waals surface area contributed by atoms with Crippen molar-refractivity contribution in [1.29, 1.82) is 0 Å². The summed E-state index contributed by atoms with van der Waals surface area (Å²) in [7, 11) is 0. The van der Waals surface area contributed by atoms with Crippen molar-refractivity contribution in [3.63, 3.8) is 0 Å². The molecule has 3 aromatic rings. The number of hydrogen-bond acceptors (Lipinski definition) is 4. The quantitative estimate of drug-likeness (QED) is 0.718. The minimum absolute atomic E-state index is 0.00952. The van der Waals surface area contributed by atoms with Gasteiger partial charge in [0.2, 0.25) is 0 Å². The van der Waals surface area contributed by atoms with Gasteiger partial charge in [0.25, 0.3) is 5.91 Å². The number of rotatable bonds is 3. The zero-order chi connectivity index (χ0) is 18.8. The fourth-order valence-electron chi connectivity index (χ4n) is 3.15. The predicted molar refractivity (Wildman–Crippen MR) is 103 cm³/mol. The number of fused-ring (bicyclic) bond motifs is 1. The van der Waals surface area contributed by atoms with Gasteiger partial charge < -0.3 is 10.2 Å². The third-order valence-corrected chi connectivity index (χ3v) is 4.72. The van der Waals surface area contributed by atoms with E-state index in [9.17, 15) is 9.18 Å². The Morgan fingerprint density at radius 2 is 2.00 bits per heavy atom. The number of amides is 1. The van der Waals surface area contributed by atoms with Crippen LogP contribution in [0.2, 0.25) is 5.02 Å². The van der Waals surface area contributed by atoms with Gasteiger partial charge in [0, 0.05) is 24.0 Å². The number of aryl methyl sites for hydroxylation is 1. The lowest BCUT2D eigenvalue weighted by Crippen LogP contribution is -2.36. The highest BCUT2D eigenvalue weighted by Gasteiger charge is 2.24. The van der Waals surface area contributed by atoms with Crippen molar-refractivity contribution in [2.75, 3.05) is 16.8 Å². The molecule has 136 valence electrons. The smallest absolute Gasteiger partial charge is 0.277 e.